The first-order valence-corrected chi connectivity index (χ1v) is 8.47. The number of hydrogen-bond donors (Lipinski definition) is 2. The number of halogens is 2. The number of carbonyl (C=O) groups is 1. The molecule has 0 aliphatic rings. The molecule has 0 saturated carbocycles. The summed E-state index contributed by atoms with van der Waals surface area (Å²) in [6, 6.07) is 14.7. The van der Waals surface area contributed by atoms with Crippen LogP contribution in [0.15, 0.2) is 48.5 Å². The van der Waals surface area contributed by atoms with E-state index in [1.807, 2.05) is 49.4 Å². The lowest BCUT2D eigenvalue weighted by atomic mass is 10.1. The first-order valence-electron chi connectivity index (χ1n) is 8.09. The maximum absolute atomic E-state index is 12.0. The van der Waals surface area contributed by atoms with Crippen LogP contribution in [0, 0.1) is 0 Å². The van der Waals surface area contributed by atoms with Gasteiger partial charge in [0.25, 0.3) is 0 Å². The second-order valence-electron chi connectivity index (χ2n) is 5.60. The number of hydrogen-bond acceptors (Lipinski definition) is 3. The number of nitrogens with two attached hydrogens (primary N) is 1. The lowest BCUT2D eigenvalue weighted by Gasteiger charge is -2.14. The second-order valence-corrected chi connectivity index (χ2v) is 6.01. The molecule has 0 aromatic heterocycles. The predicted octanol–water partition coefficient (Wildman–Crippen LogP) is 4.08. The van der Waals surface area contributed by atoms with Crippen molar-refractivity contribution in [3.8, 4) is 5.75 Å². The van der Waals surface area contributed by atoms with Crippen molar-refractivity contribution in [2.24, 2.45) is 5.73 Å². The standard InChI is InChI=1S/C19H23ClN2O2.ClH/c1-2-7-17(21)19(23)22-12-14-8-3-4-9-15(14)13-24-18-11-6-5-10-16(18)20;/h3-6,8-11,17H,2,7,12-13,21H2,1H3,(H,22,23);1H. The molecule has 1 unspecified atom stereocenters. The Morgan fingerprint density at radius 1 is 1.16 bits per heavy atom. The Kier molecular flexibility index (Phi) is 9.35. The largest absolute Gasteiger partial charge is 0.487 e. The van der Waals surface area contributed by atoms with E-state index in [-0.39, 0.29) is 18.3 Å². The molecule has 0 aliphatic carbocycles. The summed E-state index contributed by atoms with van der Waals surface area (Å²) >= 11 is 6.10. The Hall–Kier alpha value is -1.75. The van der Waals surface area contributed by atoms with Crippen molar-refractivity contribution in [3.05, 3.63) is 64.7 Å². The molecule has 25 heavy (non-hydrogen) atoms. The maximum Gasteiger partial charge on any atom is 0.237 e. The molecule has 4 nitrogen and oxygen atoms in total. The molecule has 1 amide bonds. The van der Waals surface area contributed by atoms with Crippen LogP contribution in [0.2, 0.25) is 5.02 Å². The molecule has 0 radical (unpaired) electrons. The minimum atomic E-state index is -0.457. The normalized spacial score (nSPS) is 11.3. The zero-order valence-corrected chi connectivity index (χ0v) is 15.8. The predicted molar refractivity (Wildman–Crippen MR) is 104 cm³/mol. The van der Waals surface area contributed by atoms with E-state index in [2.05, 4.69) is 5.32 Å². The average Bonchev–Trinajstić information content (AvgIpc) is 2.60. The van der Waals surface area contributed by atoms with Gasteiger partial charge in [0.1, 0.15) is 12.4 Å². The Morgan fingerprint density at radius 3 is 2.48 bits per heavy atom. The fourth-order valence-electron chi connectivity index (χ4n) is 2.34. The molecule has 136 valence electrons. The highest BCUT2D eigenvalue weighted by Gasteiger charge is 2.12. The van der Waals surface area contributed by atoms with Crippen molar-refractivity contribution < 1.29 is 9.53 Å². The van der Waals surface area contributed by atoms with Crippen LogP contribution in [0.4, 0.5) is 0 Å². The van der Waals surface area contributed by atoms with Gasteiger partial charge in [0.15, 0.2) is 0 Å². The molecule has 0 heterocycles. The molecule has 2 rings (SSSR count). The van der Waals surface area contributed by atoms with Crippen LogP contribution in [0.3, 0.4) is 0 Å². The third-order valence-electron chi connectivity index (χ3n) is 3.73. The van der Waals surface area contributed by atoms with E-state index >= 15 is 0 Å². The first kappa shape index (κ1) is 21.3. The van der Waals surface area contributed by atoms with Gasteiger partial charge in [0, 0.05) is 6.54 Å². The second kappa shape index (κ2) is 11.0. The van der Waals surface area contributed by atoms with E-state index in [1.165, 1.54) is 0 Å². The Bertz CT molecular complexity index is 680. The SMILES string of the molecule is CCCC(N)C(=O)NCc1ccccc1COc1ccccc1Cl.Cl. The zero-order chi connectivity index (χ0) is 17.4. The summed E-state index contributed by atoms with van der Waals surface area (Å²) in [5.41, 5.74) is 7.83. The number of nitrogens with one attached hydrogen (secondary N) is 1. The fraction of sp³-hybridized carbons (Fsp3) is 0.316. The van der Waals surface area contributed by atoms with Crippen molar-refractivity contribution in [2.45, 2.75) is 39.0 Å². The number of amides is 1. The lowest BCUT2D eigenvalue weighted by molar-refractivity contribution is -0.122. The molecule has 0 saturated heterocycles. The van der Waals surface area contributed by atoms with Crippen molar-refractivity contribution in [1.82, 2.24) is 5.32 Å². The molecule has 3 N–H and O–H groups in total. The van der Waals surface area contributed by atoms with Gasteiger partial charge in [-0.1, -0.05) is 61.3 Å². The summed E-state index contributed by atoms with van der Waals surface area (Å²) in [7, 11) is 0. The molecule has 2 aromatic rings. The summed E-state index contributed by atoms with van der Waals surface area (Å²) < 4.78 is 5.79. The third kappa shape index (κ3) is 6.58. The lowest BCUT2D eigenvalue weighted by Crippen LogP contribution is -2.40. The highest BCUT2D eigenvalue weighted by atomic mass is 35.5. The van der Waals surface area contributed by atoms with E-state index in [0.717, 1.165) is 17.5 Å². The van der Waals surface area contributed by atoms with Crippen LogP contribution >= 0.6 is 24.0 Å². The Balaban J connectivity index is 0.00000312. The van der Waals surface area contributed by atoms with Crippen LogP contribution in [0.25, 0.3) is 0 Å². The van der Waals surface area contributed by atoms with E-state index in [1.54, 1.807) is 6.07 Å². The number of rotatable bonds is 8. The first-order chi connectivity index (χ1) is 11.6. The molecule has 0 fully saturated rings. The molecule has 2 aromatic carbocycles. The summed E-state index contributed by atoms with van der Waals surface area (Å²) in [5.74, 6) is 0.515. The van der Waals surface area contributed by atoms with Crippen LogP contribution in [0.1, 0.15) is 30.9 Å². The monoisotopic (exact) mass is 382 g/mol. The van der Waals surface area contributed by atoms with Crippen LogP contribution in [0.5, 0.6) is 5.75 Å². The van der Waals surface area contributed by atoms with Crippen molar-refractivity contribution in [3.63, 3.8) is 0 Å². The highest BCUT2D eigenvalue weighted by molar-refractivity contribution is 6.32. The molecule has 1 atom stereocenters. The quantitative estimate of drug-likeness (QED) is 0.722. The molecule has 6 heteroatoms. The summed E-state index contributed by atoms with van der Waals surface area (Å²) in [6.07, 6.45) is 1.57. The average molecular weight is 383 g/mol. The fourth-order valence-corrected chi connectivity index (χ4v) is 2.53. The smallest absolute Gasteiger partial charge is 0.237 e. The van der Waals surface area contributed by atoms with Gasteiger partial charge in [0.2, 0.25) is 5.91 Å². The van der Waals surface area contributed by atoms with Gasteiger partial charge < -0.3 is 15.8 Å². The van der Waals surface area contributed by atoms with Gasteiger partial charge >= 0.3 is 0 Å². The van der Waals surface area contributed by atoms with Gasteiger partial charge in [-0.15, -0.1) is 12.4 Å². The highest BCUT2D eigenvalue weighted by Crippen LogP contribution is 2.24. The molecule has 0 aliphatic heterocycles. The summed E-state index contributed by atoms with van der Waals surface area (Å²) in [6.45, 7) is 2.82. The number of benzene rings is 2. The van der Waals surface area contributed by atoms with Gasteiger partial charge in [-0.2, -0.15) is 0 Å². The van der Waals surface area contributed by atoms with E-state index in [4.69, 9.17) is 22.1 Å². The number of para-hydroxylation sites is 1. The number of carbonyl (C=O) groups excluding carboxylic acids is 1. The topological polar surface area (TPSA) is 64.4 Å². The number of ether oxygens (including phenoxy) is 1. The third-order valence-corrected chi connectivity index (χ3v) is 4.04. The summed E-state index contributed by atoms with van der Waals surface area (Å²) in [4.78, 5) is 12.0. The van der Waals surface area contributed by atoms with Crippen molar-refractivity contribution in [2.75, 3.05) is 0 Å². The van der Waals surface area contributed by atoms with Gasteiger partial charge in [0.05, 0.1) is 11.1 Å². The molecular formula is C19H24Cl2N2O2. The van der Waals surface area contributed by atoms with Gasteiger partial charge in [-0.3, -0.25) is 4.79 Å². The summed E-state index contributed by atoms with van der Waals surface area (Å²) in [5, 5.41) is 3.47. The molecular weight excluding hydrogens is 359 g/mol. The van der Waals surface area contributed by atoms with Gasteiger partial charge in [-0.05, 0) is 29.7 Å². The van der Waals surface area contributed by atoms with E-state index in [9.17, 15) is 4.79 Å². The Labute approximate surface area is 160 Å². The minimum absolute atomic E-state index is 0. The van der Waals surface area contributed by atoms with E-state index < -0.39 is 6.04 Å². The van der Waals surface area contributed by atoms with Crippen molar-refractivity contribution >= 4 is 29.9 Å². The Morgan fingerprint density at radius 2 is 1.80 bits per heavy atom. The van der Waals surface area contributed by atoms with Crippen LogP contribution in [-0.2, 0) is 17.9 Å². The zero-order valence-electron chi connectivity index (χ0n) is 14.2. The minimum Gasteiger partial charge on any atom is -0.487 e. The molecule has 0 spiro atoms. The maximum atomic E-state index is 12.0. The van der Waals surface area contributed by atoms with Crippen LogP contribution in [-0.4, -0.2) is 11.9 Å². The van der Waals surface area contributed by atoms with Crippen LogP contribution < -0.4 is 15.8 Å². The van der Waals surface area contributed by atoms with Crippen molar-refractivity contribution in [1.29, 1.82) is 0 Å². The van der Waals surface area contributed by atoms with E-state index in [0.29, 0.717) is 30.3 Å². The van der Waals surface area contributed by atoms with Gasteiger partial charge in [-0.25, -0.2) is 0 Å². The molecule has 0 bridgehead atoms.